The van der Waals surface area contributed by atoms with E-state index >= 15 is 0 Å². The van der Waals surface area contributed by atoms with Crippen LogP contribution in [0.15, 0.2) is 42.5 Å². The Labute approximate surface area is 229 Å². The van der Waals surface area contributed by atoms with Crippen molar-refractivity contribution in [3.05, 3.63) is 58.6 Å². The molecule has 37 heavy (non-hydrogen) atoms. The van der Waals surface area contributed by atoms with E-state index in [1.807, 2.05) is 41.3 Å². The van der Waals surface area contributed by atoms with E-state index in [4.69, 9.17) is 25.3 Å². The van der Waals surface area contributed by atoms with Gasteiger partial charge >= 0.3 is 7.12 Å². The molecule has 0 aliphatic carbocycles. The monoisotopic (exact) mass is 541 g/mol. The van der Waals surface area contributed by atoms with Gasteiger partial charge in [0.2, 0.25) is 5.91 Å². The number of nitrogens with zero attached hydrogens (tertiary/aromatic N) is 1. The van der Waals surface area contributed by atoms with Crippen molar-refractivity contribution in [2.24, 2.45) is 0 Å². The molecule has 2 aliphatic heterocycles. The van der Waals surface area contributed by atoms with Crippen LogP contribution >= 0.6 is 11.6 Å². The molecule has 200 valence electrons. The van der Waals surface area contributed by atoms with Crippen molar-refractivity contribution in [3.63, 3.8) is 0 Å². The number of carbonyl (C=O) groups excluding carboxylic acids is 1. The lowest BCUT2D eigenvalue weighted by molar-refractivity contribution is -0.118. The van der Waals surface area contributed by atoms with E-state index in [1.54, 1.807) is 0 Å². The average molecular weight is 542 g/mol. The molecule has 0 spiro atoms. The lowest BCUT2D eigenvalue weighted by Gasteiger charge is -2.43. The van der Waals surface area contributed by atoms with Crippen LogP contribution in [-0.4, -0.2) is 39.1 Å². The highest BCUT2D eigenvalue weighted by Crippen LogP contribution is 2.44. The van der Waals surface area contributed by atoms with E-state index in [2.05, 4.69) is 67.6 Å². The lowest BCUT2D eigenvalue weighted by Crippen LogP contribution is -2.45. The number of fused-ring (bicyclic) bond motifs is 1. The fourth-order valence-corrected chi connectivity index (χ4v) is 6.05. The van der Waals surface area contributed by atoms with Gasteiger partial charge in [0.25, 0.3) is 0 Å². The molecule has 1 unspecified atom stereocenters. The van der Waals surface area contributed by atoms with Crippen molar-refractivity contribution in [1.29, 1.82) is 0 Å². The molecule has 1 amide bonds. The fourth-order valence-electron chi connectivity index (χ4n) is 4.54. The van der Waals surface area contributed by atoms with Crippen LogP contribution < -0.4 is 10.4 Å². The summed E-state index contributed by atoms with van der Waals surface area (Å²) in [5.74, 6) is 0.0310. The van der Waals surface area contributed by atoms with Crippen molar-refractivity contribution in [2.75, 3.05) is 11.4 Å². The highest BCUT2D eigenvalue weighted by atomic mass is 35.5. The maximum absolute atomic E-state index is 13.5. The van der Waals surface area contributed by atoms with E-state index in [0.29, 0.717) is 11.6 Å². The quantitative estimate of drug-likeness (QED) is 0.396. The molecule has 2 aromatic carbocycles. The number of halogens is 1. The van der Waals surface area contributed by atoms with Crippen LogP contribution in [0, 0.1) is 0 Å². The van der Waals surface area contributed by atoms with E-state index in [1.165, 1.54) is 0 Å². The largest absolute Gasteiger partial charge is 0.494 e. The van der Waals surface area contributed by atoms with Crippen molar-refractivity contribution < 1.29 is 18.5 Å². The van der Waals surface area contributed by atoms with Gasteiger partial charge in [-0.3, -0.25) is 4.79 Å². The first-order chi connectivity index (χ1) is 17.0. The minimum Gasteiger partial charge on any atom is -0.410 e. The predicted molar refractivity (Wildman–Crippen MR) is 155 cm³/mol. The first kappa shape index (κ1) is 28.4. The molecular weight excluding hydrogens is 501 g/mol. The maximum atomic E-state index is 13.5. The van der Waals surface area contributed by atoms with E-state index in [-0.39, 0.29) is 23.5 Å². The molecule has 0 aromatic heterocycles. The van der Waals surface area contributed by atoms with Gasteiger partial charge in [-0.2, -0.15) is 0 Å². The summed E-state index contributed by atoms with van der Waals surface area (Å²) in [6, 6.07) is 13.7. The fraction of sp³-hybridized carbons (Fsp3) is 0.552. The van der Waals surface area contributed by atoms with Crippen LogP contribution in [0.5, 0.6) is 0 Å². The van der Waals surface area contributed by atoms with Crippen molar-refractivity contribution in [3.8, 4) is 0 Å². The standard InChI is InChI=1S/C29H41BClNO4Si/c1-27(2,3)37(8,9)34-25-16-17-32(26(33)18-20-12-10-11-13-23(20)31)24-15-14-21(19-22(24)25)30-35-28(4,5)29(6,7)36-30/h10-15,19,25H,16-18H2,1-9H3. The summed E-state index contributed by atoms with van der Waals surface area (Å²) in [5.41, 5.74) is 2.84. The molecule has 1 fully saturated rings. The van der Waals surface area contributed by atoms with Crippen LogP contribution in [-0.2, 0) is 25.0 Å². The summed E-state index contributed by atoms with van der Waals surface area (Å²) >= 11 is 6.37. The molecule has 0 radical (unpaired) electrons. The van der Waals surface area contributed by atoms with Crippen LogP contribution in [0.4, 0.5) is 5.69 Å². The Morgan fingerprint density at radius 2 is 1.73 bits per heavy atom. The zero-order valence-electron chi connectivity index (χ0n) is 23.8. The SMILES string of the molecule is CC1(C)OB(c2ccc3c(c2)C(O[Si](C)(C)C(C)(C)C)CCN3C(=O)Cc2ccccc2Cl)OC1(C)C. The second kappa shape index (κ2) is 9.83. The van der Waals surface area contributed by atoms with Crippen molar-refractivity contribution >= 4 is 44.1 Å². The molecule has 2 aromatic rings. The van der Waals surface area contributed by atoms with Gasteiger partial charge in [0.1, 0.15) is 0 Å². The zero-order valence-corrected chi connectivity index (χ0v) is 25.5. The Kier molecular flexibility index (Phi) is 7.54. The Morgan fingerprint density at radius 3 is 2.32 bits per heavy atom. The lowest BCUT2D eigenvalue weighted by atomic mass is 9.77. The maximum Gasteiger partial charge on any atom is 0.494 e. The van der Waals surface area contributed by atoms with Crippen LogP contribution in [0.2, 0.25) is 23.2 Å². The molecule has 2 aliphatic rings. The first-order valence-corrected chi connectivity index (χ1v) is 16.5. The predicted octanol–water partition coefficient (Wildman–Crippen LogP) is 6.68. The number of hydrogen-bond donors (Lipinski definition) is 0. The number of benzene rings is 2. The summed E-state index contributed by atoms with van der Waals surface area (Å²) < 4.78 is 19.6. The minimum absolute atomic E-state index is 0.0310. The second-order valence-electron chi connectivity index (χ2n) is 12.9. The van der Waals surface area contributed by atoms with Crippen LogP contribution in [0.1, 0.15) is 72.1 Å². The molecule has 1 saturated heterocycles. The molecule has 0 saturated carbocycles. The third-order valence-corrected chi connectivity index (χ3v) is 13.5. The second-order valence-corrected chi connectivity index (χ2v) is 18.0. The number of carbonyl (C=O) groups is 1. The number of hydrogen-bond acceptors (Lipinski definition) is 4. The first-order valence-electron chi connectivity index (χ1n) is 13.2. The third-order valence-electron chi connectivity index (χ3n) is 8.67. The molecular formula is C29H41BClNO4Si. The van der Waals surface area contributed by atoms with Gasteiger partial charge in [-0.15, -0.1) is 0 Å². The number of amides is 1. The third kappa shape index (κ3) is 5.57. The van der Waals surface area contributed by atoms with Crippen LogP contribution in [0.25, 0.3) is 0 Å². The summed E-state index contributed by atoms with van der Waals surface area (Å²) in [6.07, 6.45) is 0.898. The number of anilines is 1. The summed E-state index contributed by atoms with van der Waals surface area (Å²) in [4.78, 5) is 15.4. The van der Waals surface area contributed by atoms with Gasteiger partial charge in [-0.25, -0.2) is 0 Å². The Bertz CT molecular complexity index is 1160. The van der Waals surface area contributed by atoms with E-state index in [0.717, 1.165) is 28.7 Å². The Morgan fingerprint density at radius 1 is 1.11 bits per heavy atom. The smallest absolute Gasteiger partial charge is 0.410 e. The normalized spacial score (nSPS) is 21.2. The van der Waals surface area contributed by atoms with Gasteiger partial charge in [0.15, 0.2) is 8.32 Å². The minimum atomic E-state index is -2.06. The van der Waals surface area contributed by atoms with Gasteiger partial charge < -0.3 is 18.6 Å². The molecule has 2 heterocycles. The summed E-state index contributed by atoms with van der Waals surface area (Å²) in [7, 11) is -2.53. The highest BCUT2D eigenvalue weighted by Gasteiger charge is 2.52. The Balaban J connectivity index is 1.70. The molecule has 0 N–H and O–H groups in total. The molecule has 1 atom stereocenters. The summed E-state index contributed by atoms with van der Waals surface area (Å²) in [5, 5.41) is 0.691. The average Bonchev–Trinajstić information content (AvgIpc) is 3.01. The van der Waals surface area contributed by atoms with Crippen LogP contribution in [0.3, 0.4) is 0 Å². The Hall–Kier alpha value is -1.64. The van der Waals surface area contributed by atoms with Gasteiger partial charge in [-0.05, 0) is 75.4 Å². The summed E-state index contributed by atoms with van der Waals surface area (Å²) in [6.45, 7) is 20.2. The molecule has 0 bridgehead atoms. The highest BCUT2D eigenvalue weighted by molar-refractivity contribution is 6.74. The zero-order chi connectivity index (χ0) is 27.4. The molecule has 8 heteroatoms. The van der Waals surface area contributed by atoms with E-state index < -0.39 is 26.6 Å². The van der Waals surface area contributed by atoms with E-state index in [9.17, 15) is 4.79 Å². The van der Waals surface area contributed by atoms with Crippen molar-refractivity contribution in [2.45, 2.75) is 96.7 Å². The van der Waals surface area contributed by atoms with Gasteiger partial charge in [-0.1, -0.05) is 62.7 Å². The molecule has 5 nitrogen and oxygen atoms in total. The van der Waals surface area contributed by atoms with Gasteiger partial charge in [0, 0.05) is 22.8 Å². The van der Waals surface area contributed by atoms with Crippen molar-refractivity contribution in [1.82, 2.24) is 0 Å². The number of rotatable bonds is 5. The topological polar surface area (TPSA) is 48.0 Å². The molecule has 4 rings (SSSR count). The van der Waals surface area contributed by atoms with Gasteiger partial charge in [0.05, 0.1) is 23.7 Å².